The zero-order valence-corrected chi connectivity index (χ0v) is 8.11. The molecule has 0 aliphatic rings. The van der Waals surface area contributed by atoms with Gasteiger partial charge in [-0.25, -0.2) is 0 Å². The molecule has 0 rings (SSSR count). The summed E-state index contributed by atoms with van der Waals surface area (Å²) < 4.78 is 8.55. The molecule has 0 aliphatic carbocycles. The Morgan fingerprint density at radius 2 is 1.14 bits per heavy atom. The van der Waals surface area contributed by atoms with E-state index >= 15 is 0 Å². The zero-order chi connectivity index (χ0) is 4.50. The second kappa shape index (κ2) is 5.39. The summed E-state index contributed by atoms with van der Waals surface area (Å²) in [5, 5.41) is 0. The van der Waals surface area contributed by atoms with Crippen molar-refractivity contribution in [3.63, 3.8) is 0 Å². The summed E-state index contributed by atoms with van der Waals surface area (Å²) >= 11 is 0. The van der Waals surface area contributed by atoms with E-state index in [1.807, 2.05) is 0 Å². The van der Waals surface area contributed by atoms with Gasteiger partial charge in [-0.1, -0.05) is 0 Å². The van der Waals surface area contributed by atoms with Crippen molar-refractivity contribution in [2.45, 2.75) is 0 Å². The summed E-state index contributed by atoms with van der Waals surface area (Å²) in [5.74, 6) is 0. The number of phosphoric acid groups is 1. The third kappa shape index (κ3) is 127. The predicted molar refractivity (Wildman–Crippen MR) is 7.61 cm³/mol. The predicted octanol–water partition coefficient (Wildman–Crippen LogP) is -2.83. The number of hydrogen-bond acceptors (Lipinski definition) is 4. The molecule has 0 unspecified atom stereocenters. The van der Waals surface area contributed by atoms with E-state index in [4.69, 9.17) is 19.2 Å². The summed E-state index contributed by atoms with van der Waals surface area (Å²) in [7, 11) is -5.39. The van der Waals surface area contributed by atoms with Crippen LogP contribution >= 0.6 is 7.82 Å². The van der Waals surface area contributed by atoms with E-state index < -0.39 is 7.82 Å². The minimum atomic E-state index is -5.39. The van der Waals surface area contributed by atoms with Gasteiger partial charge in [0.2, 0.25) is 0 Å². The van der Waals surface area contributed by atoms with Crippen LogP contribution in [-0.4, -0.2) is 0 Å². The zero-order valence-electron chi connectivity index (χ0n) is 3.14. The largest absolute Gasteiger partial charge is 2.00 e. The topological polar surface area (TPSA) is 86.2 Å². The first-order chi connectivity index (χ1) is 2.00. The van der Waals surface area contributed by atoms with E-state index in [2.05, 4.69) is 0 Å². The quantitative estimate of drug-likeness (QED) is 0.322. The molecule has 38 valence electrons. The number of rotatable bonds is 0. The van der Waals surface area contributed by atoms with Gasteiger partial charge in [0.1, 0.15) is 0 Å². The van der Waals surface area contributed by atoms with Crippen molar-refractivity contribution in [2.24, 2.45) is 0 Å². The smallest absolute Gasteiger partial charge is 0.822 e. The minimum absolute atomic E-state index is 0. The molecular formula is FeO4PZn+. The Morgan fingerprint density at radius 1 is 1.14 bits per heavy atom. The van der Waals surface area contributed by atoms with Gasteiger partial charge in [-0.2, -0.15) is 7.82 Å². The standard InChI is InChI=1S/Fe.H3O4P.Zn/c;1-5(2,3)4;/h;(H3,1,2,3,4);/q+2;;+2/p-3. The van der Waals surface area contributed by atoms with Gasteiger partial charge in [0, 0.05) is 0 Å². The van der Waals surface area contributed by atoms with Crippen LogP contribution in [0.15, 0.2) is 0 Å². The van der Waals surface area contributed by atoms with Crippen LogP contribution in [0, 0.1) is 0 Å². The molecule has 0 N–H and O–H groups in total. The monoisotopic (exact) mass is 215 g/mol. The van der Waals surface area contributed by atoms with Crippen LogP contribution < -0.4 is 14.7 Å². The van der Waals surface area contributed by atoms with E-state index in [1.54, 1.807) is 0 Å². The molecule has 7 heavy (non-hydrogen) atoms. The molecule has 0 heterocycles. The van der Waals surface area contributed by atoms with E-state index in [9.17, 15) is 0 Å². The van der Waals surface area contributed by atoms with Crippen LogP contribution in [0.1, 0.15) is 0 Å². The molecule has 0 saturated carbocycles. The Labute approximate surface area is 63.8 Å². The summed E-state index contributed by atoms with van der Waals surface area (Å²) in [6.07, 6.45) is 0. The third-order valence-electron chi connectivity index (χ3n) is 0. The Bertz CT molecular complexity index is 57.8. The van der Waals surface area contributed by atoms with Crippen molar-refractivity contribution in [1.82, 2.24) is 0 Å². The first-order valence-electron chi connectivity index (χ1n) is 0.730. The second-order valence-corrected chi connectivity index (χ2v) is 1.34. The molecule has 0 aromatic heterocycles. The maximum atomic E-state index is 8.55. The van der Waals surface area contributed by atoms with Crippen molar-refractivity contribution in [3.05, 3.63) is 0 Å². The fraction of sp³-hybridized carbons (Fsp3) is 0. The molecule has 0 bridgehead atoms. The molecule has 4 nitrogen and oxygen atoms in total. The Kier molecular flexibility index (Phi) is 12.1. The molecule has 0 saturated heterocycles. The van der Waals surface area contributed by atoms with Crippen molar-refractivity contribution in [1.29, 1.82) is 0 Å². The molecule has 0 aromatic carbocycles. The van der Waals surface area contributed by atoms with Crippen LogP contribution in [0.4, 0.5) is 0 Å². The fourth-order valence-corrected chi connectivity index (χ4v) is 0. The van der Waals surface area contributed by atoms with E-state index in [1.165, 1.54) is 0 Å². The molecule has 0 radical (unpaired) electrons. The summed E-state index contributed by atoms with van der Waals surface area (Å²) in [5.41, 5.74) is 0. The van der Waals surface area contributed by atoms with Gasteiger partial charge in [0.15, 0.2) is 0 Å². The average Bonchev–Trinajstić information content (AvgIpc) is 0.722. The van der Waals surface area contributed by atoms with Crippen molar-refractivity contribution in [2.75, 3.05) is 0 Å². The van der Waals surface area contributed by atoms with Crippen molar-refractivity contribution >= 4 is 7.82 Å². The minimum Gasteiger partial charge on any atom is -0.822 e. The first kappa shape index (κ1) is 15.7. The Balaban J connectivity index is -0.0000000800. The van der Waals surface area contributed by atoms with Gasteiger partial charge in [-0.05, 0) is 0 Å². The molecule has 0 fully saturated rings. The Morgan fingerprint density at radius 3 is 1.14 bits per heavy atom. The van der Waals surface area contributed by atoms with Gasteiger partial charge >= 0.3 is 36.5 Å². The maximum Gasteiger partial charge on any atom is 2.00 e. The van der Waals surface area contributed by atoms with Crippen LogP contribution in [0.25, 0.3) is 0 Å². The van der Waals surface area contributed by atoms with E-state index in [0.717, 1.165) is 0 Å². The molecule has 0 aromatic rings. The Hall–Kier alpha value is 1.25. The summed E-state index contributed by atoms with van der Waals surface area (Å²) in [6.45, 7) is 0. The van der Waals surface area contributed by atoms with Crippen LogP contribution in [0.5, 0.6) is 0 Å². The first-order valence-corrected chi connectivity index (χ1v) is 2.19. The van der Waals surface area contributed by atoms with Crippen molar-refractivity contribution < 1.29 is 55.8 Å². The molecule has 0 aliphatic heterocycles. The van der Waals surface area contributed by atoms with Crippen molar-refractivity contribution in [3.8, 4) is 0 Å². The molecule has 0 atom stereocenters. The van der Waals surface area contributed by atoms with E-state index in [0.29, 0.717) is 0 Å². The maximum absolute atomic E-state index is 8.55. The SMILES string of the molecule is O=P([O-])([O-])[O-].[Fe+2].[Zn+2]. The molecular weight excluding hydrogens is 216 g/mol. The average molecular weight is 216 g/mol. The summed E-state index contributed by atoms with van der Waals surface area (Å²) in [6, 6.07) is 0. The van der Waals surface area contributed by atoms with Gasteiger partial charge in [-0.3, -0.25) is 0 Å². The molecule has 7 heteroatoms. The van der Waals surface area contributed by atoms with E-state index in [-0.39, 0.29) is 36.5 Å². The summed E-state index contributed by atoms with van der Waals surface area (Å²) in [4.78, 5) is 25.6. The molecule has 0 spiro atoms. The second-order valence-electron chi connectivity index (χ2n) is 0.447. The molecule has 0 amide bonds. The van der Waals surface area contributed by atoms with Gasteiger partial charge < -0.3 is 19.2 Å². The third-order valence-corrected chi connectivity index (χ3v) is 0. The van der Waals surface area contributed by atoms with Crippen LogP contribution in [0.3, 0.4) is 0 Å². The van der Waals surface area contributed by atoms with Gasteiger partial charge in [0.25, 0.3) is 0 Å². The van der Waals surface area contributed by atoms with Gasteiger partial charge in [0.05, 0.1) is 0 Å². The van der Waals surface area contributed by atoms with Crippen LogP contribution in [-0.2, 0) is 41.1 Å². The van der Waals surface area contributed by atoms with Gasteiger partial charge in [-0.15, -0.1) is 0 Å². The normalized spacial score (nSPS) is 8.43. The number of hydrogen-bond donors (Lipinski definition) is 0. The van der Waals surface area contributed by atoms with Crippen LogP contribution in [0.2, 0.25) is 0 Å². The fourth-order valence-electron chi connectivity index (χ4n) is 0.